The van der Waals surface area contributed by atoms with Crippen molar-refractivity contribution in [1.82, 2.24) is 4.98 Å². The molecule has 43 heavy (non-hydrogen) atoms. The Morgan fingerprint density at radius 3 is 2.14 bits per heavy atom. The van der Waals surface area contributed by atoms with E-state index >= 15 is 0 Å². The molecule has 0 amide bonds. The van der Waals surface area contributed by atoms with Gasteiger partial charge in [-0.05, 0) is 55.0 Å². The summed E-state index contributed by atoms with van der Waals surface area (Å²) in [6.07, 6.45) is -5.74. The zero-order valence-corrected chi connectivity index (χ0v) is 24.1. The highest BCUT2D eigenvalue weighted by Gasteiger charge is 2.31. The van der Waals surface area contributed by atoms with Gasteiger partial charge in [0, 0.05) is 29.8 Å². The Labute approximate surface area is 249 Å². The smallest absolute Gasteiger partial charge is 0.495 e. The van der Waals surface area contributed by atoms with Crippen LogP contribution < -0.4 is 18.9 Å². The van der Waals surface area contributed by atoms with E-state index in [0.717, 1.165) is 12.1 Å². The zero-order chi connectivity index (χ0) is 31.0. The summed E-state index contributed by atoms with van der Waals surface area (Å²) in [6, 6.07) is 15.0. The minimum Gasteiger partial charge on any atom is -0.495 e. The summed E-state index contributed by atoms with van der Waals surface area (Å²) in [7, 11) is 3.03. The van der Waals surface area contributed by atoms with E-state index < -0.39 is 12.5 Å². The van der Waals surface area contributed by atoms with Gasteiger partial charge in [0.15, 0.2) is 5.75 Å². The first kappa shape index (κ1) is 31.7. The van der Waals surface area contributed by atoms with Gasteiger partial charge < -0.3 is 33.2 Å². The molecule has 228 valence electrons. The lowest BCUT2D eigenvalue weighted by atomic mass is 10.00. The van der Waals surface area contributed by atoms with Crippen molar-refractivity contribution < 1.29 is 51.1 Å². The fourth-order valence-corrected chi connectivity index (χ4v) is 4.27. The fourth-order valence-electron chi connectivity index (χ4n) is 4.03. The lowest BCUT2D eigenvalue weighted by Gasteiger charge is -2.17. The second-order valence-electron chi connectivity index (χ2n) is 8.86. The van der Waals surface area contributed by atoms with Crippen LogP contribution in [0, 0.1) is 6.92 Å². The maximum Gasteiger partial charge on any atom is 0.573 e. The second kappa shape index (κ2) is 14.3. The third-order valence-corrected chi connectivity index (χ3v) is 6.19. The molecular formula is C30H27ClF3NO8. The van der Waals surface area contributed by atoms with Crippen LogP contribution in [0.4, 0.5) is 18.0 Å². The number of hydrogen-bond acceptors (Lipinski definition) is 9. The molecule has 3 aromatic carbocycles. The Kier molecular flexibility index (Phi) is 10.5. The number of hydrogen-bond donors (Lipinski definition) is 0. The van der Waals surface area contributed by atoms with Crippen LogP contribution in [0.1, 0.15) is 5.69 Å². The standard InChI is InChI=1S/C30H27ClF3NO8/c1-18-27(19-4-6-20(7-5-19)41-21-8-10-22(11-9-21)43-30(32,33)34)28(42-29(36)40-15-14-39-13-12-37-2)23-16-24(31)26(38-3)17-25(23)35-18/h4-11,16-17H,12-15H2,1-3H3. The molecule has 0 unspecified atom stereocenters. The summed E-state index contributed by atoms with van der Waals surface area (Å²) in [5.41, 5.74) is 2.15. The van der Waals surface area contributed by atoms with Gasteiger partial charge in [0.1, 0.15) is 29.6 Å². The number of benzene rings is 3. The topological polar surface area (TPSA) is 94.6 Å². The van der Waals surface area contributed by atoms with Gasteiger partial charge in [-0.25, -0.2) is 4.79 Å². The van der Waals surface area contributed by atoms with Gasteiger partial charge >= 0.3 is 12.5 Å². The first-order valence-electron chi connectivity index (χ1n) is 12.8. The first-order chi connectivity index (χ1) is 20.6. The summed E-state index contributed by atoms with van der Waals surface area (Å²) >= 11 is 6.40. The van der Waals surface area contributed by atoms with Crippen molar-refractivity contribution in [3.8, 4) is 39.9 Å². The molecule has 0 spiro atoms. The fraction of sp³-hybridized carbons (Fsp3) is 0.267. The van der Waals surface area contributed by atoms with E-state index in [1.807, 2.05) is 0 Å². The molecular weight excluding hydrogens is 595 g/mol. The minimum absolute atomic E-state index is 0.0379. The molecule has 1 aromatic heterocycles. The predicted octanol–water partition coefficient (Wildman–Crippen LogP) is 7.74. The van der Waals surface area contributed by atoms with Gasteiger partial charge in [-0.1, -0.05) is 23.7 Å². The van der Waals surface area contributed by atoms with Crippen molar-refractivity contribution in [3.05, 3.63) is 71.4 Å². The third kappa shape index (κ3) is 8.63. The lowest BCUT2D eigenvalue weighted by molar-refractivity contribution is -0.274. The van der Waals surface area contributed by atoms with Crippen LogP contribution in [0.2, 0.25) is 5.02 Å². The molecule has 0 aliphatic heterocycles. The normalized spacial score (nSPS) is 11.3. The van der Waals surface area contributed by atoms with Crippen molar-refractivity contribution in [2.45, 2.75) is 13.3 Å². The van der Waals surface area contributed by atoms with Gasteiger partial charge in [0.05, 0.1) is 37.5 Å². The number of rotatable bonds is 12. The summed E-state index contributed by atoms with van der Waals surface area (Å²) in [4.78, 5) is 17.4. The summed E-state index contributed by atoms with van der Waals surface area (Å²) in [5.74, 6) is 0.911. The Morgan fingerprint density at radius 1 is 0.884 bits per heavy atom. The quantitative estimate of drug-likeness (QED) is 0.116. The molecule has 4 rings (SSSR count). The molecule has 0 aliphatic rings. The van der Waals surface area contributed by atoms with Gasteiger partial charge in [-0.3, -0.25) is 4.98 Å². The average molecular weight is 622 g/mol. The molecule has 0 saturated heterocycles. The number of ether oxygens (including phenoxy) is 7. The number of methoxy groups -OCH3 is 2. The predicted molar refractivity (Wildman–Crippen MR) is 151 cm³/mol. The van der Waals surface area contributed by atoms with Gasteiger partial charge in [-0.2, -0.15) is 0 Å². The lowest BCUT2D eigenvalue weighted by Crippen LogP contribution is -2.16. The van der Waals surface area contributed by atoms with E-state index in [0.29, 0.717) is 58.2 Å². The first-order valence-corrected chi connectivity index (χ1v) is 13.2. The summed E-state index contributed by atoms with van der Waals surface area (Å²) in [5, 5.41) is 0.730. The average Bonchev–Trinajstić information content (AvgIpc) is 2.96. The molecule has 0 atom stereocenters. The molecule has 1 heterocycles. The number of carbonyl (C=O) groups excluding carboxylic acids is 1. The number of alkyl halides is 3. The zero-order valence-electron chi connectivity index (χ0n) is 23.3. The number of halogens is 4. The molecule has 0 saturated carbocycles. The number of aromatic nitrogens is 1. The molecule has 0 fully saturated rings. The van der Waals surface area contributed by atoms with Gasteiger partial charge in [-0.15, -0.1) is 13.2 Å². The van der Waals surface area contributed by atoms with Gasteiger partial charge in [0.2, 0.25) is 0 Å². The van der Waals surface area contributed by atoms with Crippen LogP contribution in [0.25, 0.3) is 22.0 Å². The van der Waals surface area contributed by atoms with Crippen molar-refractivity contribution in [2.75, 3.05) is 40.6 Å². The molecule has 9 nitrogen and oxygen atoms in total. The highest BCUT2D eigenvalue weighted by Crippen LogP contribution is 2.42. The number of fused-ring (bicyclic) bond motifs is 1. The molecule has 13 heteroatoms. The Morgan fingerprint density at radius 2 is 1.51 bits per heavy atom. The number of carbonyl (C=O) groups is 1. The van der Waals surface area contributed by atoms with Crippen molar-refractivity contribution >= 4 is 28.7 Å². The molecule has 0 N–H and O–H groups in total. The van der Waals surface area contributed by atoms with Crippen LogP contribution in [-0.4, -0.2) is 58.1 Å². The van der Waals surface area contributed by atoms with E-state index in [1.165, 1.54) is 19.2 Å². The van der Waals surface area contributed by atoms with Crippen molar-refractivity contribution in [3.63, 3.8) is 0 Å². The Balaban J connectivity index is 1.60. The molecule has 0 aliphatic carbocycles. The van der Waals surface area contributed by atoms with Crippen LogP contribution in [-0.2, 0) is 14.2 Å². The highest BCUT2D eigenvalue weighted by molar-refractivity contribution is 6.33. The van der Waals surface area contributed by atoms with E-state index in [1.54, 1.807) is 50.4 Å². The summed E-state index contributed by atoms with van der Waals surface area (Å²) in [6.45, 7) is 2.64. The largest absolute Gasteiger partial charge is 0.573 e. The van der Waals surface area contributed by atoms with Crippen LogP contribution in [0.15, 0.2) is 60.7 Å². The number of pyridine rings is 1. The van der Waals surface area contributed by atoms with Crippen molar-refractivity contribution in [1.29, 1.82) is 0 Å². The Bertz CT molecular complexity index is 1550. The van der Waals surface area contributed by atoms with Crippen LogP contribution in [0.5, 0.6) is 28.7 Å². The minimum atomic E-state index is -4.79. The monoisotopic (exact) mass is 621 g/mol. The van der Waals surface area contributed by atoms with E-state index in [9.17, 15) is 18.0 Å². The maximum absolute atomic E-state index is 12.7. The molecule has 0 bridgehead atoms. The van der Waals surface area contributed by atoms with Crippen molar-refractivity contribution in [2.24, 2.45) is 0 Å². The number of nitrogens with zero attached hydrogens (tertiary/aromatic N) is 1. The van der Waals surface area contributed by atoms with Gasteiger partial charge in [0.25, 0.3) is 0 Å². The molecule has 4 aromatic rings. The second-order valence-corrected chi connectivity index (χ2v) is 9.26. The van der Waals surface area contributed by atoms with Crippen LogP contribution >= 0.6 is 11.6 Å². The molecule has 0 radical (unpaired) electrons. The van der Waals surface area contributed by atoms with E-state index in [2.05, 4.69) is 9.72 Å². The van der Waals surface area contributed by atoms with Crippen LogP contribution in [0.3, 0.4) is 0 Å². The van der Waals surface area contributed by atoms with E-state index in [-0.39, 0.29) is 29.7 Å². The highest BCUT2D eigenvalue weighted by atomic mass is 35.5. The number of aryl methyl sites for hydroxylation is 1. The maximum atomic E-state index is 12.7. The summed E-state index contributed by atoms with van der Waals surface area (Å²) < 4.78 is 73.4. The van der Waals surface area contributed by atoms with E-state index in [4.69, 9.17) is 40.0 Å². The SMILES string of the molecule is COCCOCCOC(=O)Oc1c(-c2ccc(Oc3ccc(OC(F)(F)F)cc3)cc2)c(C)nc2cc(OC)c(Cl)cc12. The third-order valence-electron chi connectivity index (χ3n) is 5.89. The Hall–Kier alpha value is -4.26.